The van der Waals surface area contributed by atoms with Crippen LogP contribution in [0.2, 0.25) is 0 Å². The molecule has 0 unspecified atom stereocenters. The molecular weight excluding hydrogens is 446 g/mol. The fourth-order valence-corrected chi connectivity index (χ4v) is 6.92. The molecule has 1 spiro atoms. The number of anilines is 1. The fourth-order valence-electron chi connectivity index (χ4n) is 6.92. The van der Waals surface area contributed by atoms with Gasteiger partial charge in [-0.3, -0.25) is 14.4 Å². The quantitative estimate of drug-likeness (QED) is 0.345. The number of carbonyl (C=O) groups excluding carboxylic acids is 3. The molecular formula is C32H23NO3. The molecule has 4 nitrogen and oxygen atoms in total. The molecule has 4 aromatic rings. The van der Waals surface area contributed by atoms with Crippen LogP contribution in [0.1, 0.15) is 44.7 Å². The zero-order chi connectivity index (χ0) is 24.6. The van der Waals surface area contributed by atoms with Gasteiger partial charge in [-0.15, -0.1) is 0 Å². The van der Waals surface area contributed by atoms with E-state index in [0.717, 1.165) is 27.6 Å². The molecule has 0 radical (unpaired) electrons. The van der Waals surface area contributed by atoms with E-state index in [4.69, 9.17) is 0 Å². The molecule has 0 amide bonds. The number of rotatable bonds is 2. The number of ketones is 3. The summed E-state index contributed by atoms with van der Waals surface area (Å²) < 4.78 is 0. The number of nitrogens with zero attached hydrogens (tertiary/aromatic N) is 1. The molecule has 1 fully saturated rings. The summed E-state index contributed by atoms with van der Waals surface area (Å²) >= 11 is 0. The lowest BCUT2D eigenvalue weighted by molar-refractivity contribution is -0.118. The van der Waals surface area contributed by atoms with Crippen LogP contribution in [0.25, 0.3) is 16.8 Å². The van der Waals surface area contributed by atoms with E-state index in [1.165, 1.54) is 0 Å². The zero-order valence-electron chi connectivity index (χ0n) is 19.7. The monoisotopic (exact) mass is 469 g/mol. The summed E-state index contributed by atoms with van der Waals surface area (Å²) in [5.74, 6) is -1.05. The van der Waals surface area contributed by atoms with Crippen LogP contribution in [0.4, 0.5) is 5.69 Å². The SMILES string of the molecule is CC(=O)[C@H]1[C@H](c2ccccc2)C2(C(=O)c3ccccc3C2=O)[C@@H]2C=Cc3c(ccc4ccccc34)N21. The molecule has 0 saturated carbocycles. The van der Waals surface area contributed by atoms with Crippen molar-refractivity contribution in [3.63, 3.8) is 0 Å². The van der Waals surface area contributed by atoms with Crippen molar-refractivity contribution in [1.82, 2.24) is 0 Å². The largest absolute Gasteiger partial charge is 0.352 e. The van der Waals surface area contributed by atoms with Crippen LogP contribution < -0.4 is 4.90 Å². The van der Waals surface area contributed by atoms with Crippen molar-refractivity contribution < 1.29 is 14.4 Å². The normalized spacial score (nSPS) is 23.1. The molecule has 4 heteroatoms. The van der Waals surface area contributed by atoms with Crippen LogP contribution in [0.5, 0.6) is 0 Å². The van der Waals surface area contributed by atoms with Crippen LogP contribution in [0.3, 0.4) is 0 Å². The number of carbonyl (C=O) groups is 3. The molecule has 1 saturated heterocycles. The molecule has 174 valence electrons. The maximum atomic E-state index is 14.4. The van der Waals surface area contributed by atoms with Gasteiger partial charge in [-0.05, 0) is 29.3 Å². The third-order valence-electron chi connectivity index (χ3n) is 8.29. The highest BCUT2D eigenvalue weighted by Gasteiger charge is 2.71. The van der Waals surface area contributed by atoms with E-state index in [9.17, 15) is 14.4 Å². The third kappa shape index (κ3) is 2.46. The molecule has 7 rings (SSSR count). The van der Waals surface area contributed by atoms with Crippen LogP contribution in [0.15, 0.2) is 97.1 Å². The van der Waals surface area contributed by atoms with Crippen LogP contribution in [-0.4, -0.2) is 29.4 Å². The Morgan fingerprint density at radius 2 is 1.42 bits per heavy atom. The highest BCUT2D eigenvalue weighted by molar-refractivity contribution is 6.32. The van der Waals surface area contributed by atoms with Crippen molar-refractivity contribution >= 4 is 39.9 Å². The van der Waals surface area contributed by atoms with E-state index in [1.807, 2.05) is 60.7 Å². The first-order chi connectivity index (χ1) is 17.5. The van der Waals surface area contributed by atoms with Crippen molar-refractivity contribution in [3.8, 4) is 0 Å². The second-order valence-corrected chi connectivity index (χ2v) is 9.95. The molecule has 0 bridgehead atoms. The number of hydrogen-bond acceptors (Lipinski definition) is 4. The standard InChI is InChI=1S/C32H23NO3/c1-19(34)29-28(21-10-3-2-4-11-21)32(30(35)24-13-7-8-14-25(24)31(32)36)27-18-16-23-22-12-6-5-9-20(22)15-17-26(23)33(27)29/h2-18,27-29H,1H3/t27-,28-,29-/m0/s1. The molecule has 3 atom stereocenters. The number of benzene rings is 4. The van der Waals surface area contributed by atoms with Gasteiger partial charge in [-0.1, -0.05) is 97.1 Å². The van der Waals surface area contributed by atoms with Crippen molar-refractivity contribution in [2.75, 3.05) is 4.90 Å². The molecule has 36 heavy (non-hydrogen) atoms. The van der Waals surface area contributed by atoms with Gasteiger partial charge in [0.25, 0.3) is 0 Å². The minimum absolute atomic E-state index is 0.0586. The molecule has 2 heterocycles. The van der Waals surface area contributed by atoms with E-state index in [1.54, 1.807) is 31.2 Å². The topological polar surface area (TPSA) is 54.5 Å². The molecule has 0 aromatic heterocycles. The average molecular weight is 470 g/mol. The van der Waals surface area contributed by atoms with Crippen LogP contribution in [0, 0.1) is 5.41 Å². The van der Waals surface area contributed by atoms with Gasteiger partial charge in [-0.2, -0.15) is 0 Å². The van der Waals surface area contributed by atoms with E-state index in [2.05, 4.69) is 23.1 Å². The Kier molecular flexibility index (Phi) is 4.29. The van der Waals surface area contributed by atoms with E-state index in [-0.39, 0.29) is 17.3 Å². The van der Waals surface area contributed by atoms with Crippen molar-refractivity contribution in [1.29, 1.82) is 0 Å². The Labute approximate surface area is 208 Å². The highest BCUT2D eigenvalue weighted by atomic mass is 16.2. The average Bonchev–Trinajstić information content (AvgIpc) is 3.35. The van der Waals surface area contributed by atoms with Gasteiger partial charge in [0.1, 0.15) is 5.41 Å². The van der Waals surface area contributed by atoms with E-state index >= 15 is 0 Å². The molecule has 4 aromatic carbocycles. The first-order valence-electron chi connectivity index (χ1n) is 12.3. The Morgan fingerprint density at radius 1 is 0.778 bits per heavy atom. The van der Waals surface area contributed by atoms with Gasteiger partial charge in [0.15, 0.2) is 17.3 Å². The van der Waals surface area contributed by atoms with Gasteiger partial charge >= 0.3 is 0 Å². The van der Waals surface area contributed by atoms with Gasteiger partial charge in [-0.25, -0.2) is 0 Å². The summed E-state index contributed by atoms with van der Waals surface area (Å²) in [6.45, 7) is 1.58. The highest BCUT2D eigenvalue weighted by Crippen LogP contribution is 2.60. The smallest absolute Gasteiger partial charge is 0.180 e. The molecule has 0 N–H and O–H groups in total. The summed E-state index contributed by atoms with van der Waals surface area (Å²) in [6, 6.07) is 27.7. The maximum Gasteiger partial charge on any atom is 0.180 e. The van der Waals surface area contributed by atoms with Crippen molar-refractivity contribution in [2.24, 2.45) is 5.41 Å². The minimum Gasteiger partial charge on any atom is -0.352 e. The first kappa shape index (κ1) is 21.0. The van der Waals surface area contributed by atoms with Crippen LogP contribution >= 0.6 is 0 Å². The Balaban J connectivity index is 1.56. The molecule has 3 aliphatic rings. The number of hydrogen-bond donors (Lipinski definition) is 0. The van der Waals surface area contributed by atoms with Gasteiger partial charge in [0.2, 0.25) is 0 Å². The van der Waals surface area contributed by atoms with E-state index in [0.29, 0.717) is 11.1 Å². The van der Waals surface area contributed by atoms with Crippen molar-refractivity contribution in [2.45, 2.75) is 24.9 Å². The van der Waals surface area contributed by atoms with Gasteiger partial charge in [0.05, 0.1) is 12.1 Å². The lowest BCUT2D eigenvalue weighted by atomic mass is 9.64. The van der Waals surface area contributed by atoms with Gasteiger partial charge < -0.3 is 4.90 Å². The second-order valence-electron chi connectivity index (χ2n) is 9.95. The van der Waals surface area contributed by atoms with Crippen LogP contribution in [-0.2, 0) is 4.79 Å². The Morgan fingerprint density at radius 3 is 2.11 bits per heavy atom. The Bertz CT molecular complexity index is 1600. The summed E-state index contributed by atoms with van der Waals surface area (Å²) in [6.07, 6.45) is 4.02. The summed E-state index contributed by atoms with van der Waals surface area (Å²) in [5.41, 5.74) is 2.21. The molecule has 2 aliphatic heterocycles. The Hall–Kier alpha value is -4.31. The summed E-state index contributed by atoms with van der Waals surface area (Å²) in [7, 11) is 0. The summed E-state index contributed by atoms with van der Waals surface area (Å²) in [5, 5.41) is 2.18. The summed E-state index contributed by atoms with van der Waals surface area (Å²) in [4.78, 5) is 44.3. The van der Waals surface area contributed by atoms with Gasteiger partial charge in [0, 0.05) is 28.3 Å². The first-order valence-corrected chi connectivity index (χ1v) is 12.3. The third-order valence-corrected chi connectivity index (χ3v) is 8.29. The van der Waals surface area contributed by atoms with E-state index < -0.39 is 23.4 Å². The lowest BCUT2D eigenvalue weighted by Crippen LogP contribution is -2.48. The lowest BCUT2D eigenvalue weighted by Gasteiger charge is -2.37. The number of fused-ring (bicyclic) bond motifs is 7. The molecule has 1 aliphatic carbocycles. The zero-order valence-corrected chi connectivity index (χ0v) is 19.7. The minimum atomic E-state index is -1.42. The predicted octanol–water partition coefficient (Wildman–Crippen LogP) is 5.86. The predicted molar refractivity (Wildman–Crippen MR) is 140 cm³/mol. The second kappa shape index (κ2) is 7.34. The number of Topliss-reactive ketones (excluding diaryl/α,β-unsaturated/α-hetero) is 3. The fraction of sp³-hybridized carbons (Fsp3) is 0.156. The maximum absolute atomic E-state index is 14.4. The van der Waals surface area contributed by atoms with Crippen molar-refractivity contribution in [3.05, 3.63) is 119 Å².